The lowest BCUT2D eigenvalue weighted by atomic mass is 10.1. The highest BCUT2D eigenvalue weighted by atomic mass is 16.4. The van der Waals surface area contributed by atoms with Crippen molar-refractivity contribution in [2.75, 3.05) is 5.32 Å². The lowest BCUT2D eigenvalue weighted by molar-refractivity contribution is 0.319. The molecule has 4 N–H and O–H groups in total. The molecule has 2 rings (SSSR count). The largest absolute Gasteiger partial charge is 0.409 e. The molecule has 0 bridgehead atoms. The Morgan fingerprint density at radius 3 is 2.56 bits per heavy atom. The number of nitrogens with two attached hydrogens (primary N) is 1. The van der Waals surface area contributed by atoms with Crippen molar-refractivity contribution in [3.63, 3.8) is 0 Å². The minimum atomic E-state index is 0.407. The fraction of sp³-hybridized carbons (Fsp3) is 0.0714. The Bertz CT molecular complexity index is 538. The fourth-order valence-corrected chi connectivity index (χ4v) is 1.66. The van der Waals surface area contributed by atoms with Crippen LogP contribution >= 0.6 is 0 Å². The van der Waals surface area contributed by atoms with E-state index < -0.39 is 0 Å². The third kappa shape index (κ3) is 2.87. The van der Waals surface area contributed by atoms with Gasteiger partial charge in [0.25, 0.3) is 0 Å². The molecule has 0 radical (unpaired) electrons. The standard InChI is InChI=1S/C14H15N3O/c15-10-11-5-4-8-13(9-11)16-14(17-18)12-6-2-1-3-7-12/h1-9,18H,10,15H2,(H,16,17). The molecule has 0 saturated heterocycles. The van der Waals surface area contributed by atoms with Crippen molar-refractivity contribution in [3.8, 4) is 0 Å². The number of nitrogens with one attached hydrogen (secondary N) is 1. The smallest absolute Gasteiger partial charge is 0.177 e. The molecule has 0 aromatic heterocycles. The van der Waals surface area contributed by atoms with Gasteiger partial charge in [0.2, 0.25) is 0 Å². The van der Waals surface area contributed by atoms with E-state index >= 15 is 0 Å². The van der Waals surface area contributed by atoms with Crippen LogP contribution in [-0.4, -0.2) is 11.0 Å². The summed E-state index contributed by atoms with van der Waals surface area (Å²) in [6, 6.07) is 17.1. The summed E-state index contributed by atoms with van der Waals surface area (Å²) in [6.45, 7) is 0.479. The van der Waals surface area contributed by atoms with Crippen molar-refractivity contribution in [3.05, 3.63) is 65.7 Å². The highest BCUT2D eigenvalue weighted by molar-refractivity contribution is 6.07. The zero-order valence-electron chi connectivity index (χ0n) is 9.88. The minimum absolute atomic E-state index is 0.407. The van der Waals surface area contributed by atoms with Gasteiger partial charge >= 0.3 is 0 Å². The molecule has 0 spiro atoms. The predicted molar refractivity (Wildman–Crippen MR) is 72.7 cm³/mol. The molecule has 4 heteroatoms. The first kappa shape index (κ1) is 12.1. The van der Waals surface area contributed by atoms with E-state index in [1.54, 1.807) is 0 Å². The van der Waals surface area contributed by atoms with Crippen molar-refractivity contribution in [2.45, 2.75) is 6.54 Å². The van der Waals surface area contributed by atoms with Gasteiger partial charge < -0.3 is 16.3 Å². The van der Waals surface area contributed by atoms with Crippen molar-refractivity contribution in [1.82, 2.24) is 0 Å². The molecular weight excluding hydrogens is 226 g/mol. The third-order valence-electron chi connectivity index (χ3n) is 2.57. The number of rotatable bonds is 3. The number of benzene rings is 2. The maximum atomic E-state index is 9.07. The maximum Gasteiger partial charge on any atom is 0.177 e. The predicted octanol–water partition coefficient (Wildman–Crippen LogP) is 2.39. The Kier molecular flexibility index (Phi) is 3.94. The monoisotopic (exact) mass is 241 g/mol. The molecule has 0 amide bonds. The van der Waals surface area contributed by atoms with Crippen LogP contribution in [0.15, 0.2) is 59.8 Å². The molecule has 0 atom stereocenters. The SMILES string of the molecule is NCc1cccc(NC(=NO)c2ccccc2)c1. The third-order valence-corrected chi connectivity index (χ3v) is 2.57. The van der Waals surface area contributed by atoms with Gasteiger partial charge in [-0.05, 0) is 17.7 Å². The average molecular weight is 241 g/mol. The van der Waals surface area contributed by atoms with Gasteiger partial charge in [-0.25, -0.2) is 0 Å². The van der Waals surface area contributed by atoms with Gasteiger partial charge in [-0.1, -0.05) is 47.6 Å². The van der Waals surface area contributed by atoms with E-state index in [4.69, 9.17) is 10.9 Å². The van der Waals surface area contributed by atoms with Crippen molar-refractivity contribution >= 4 is 11.5 Å². The topological polar surface area (TPSA) is 70.6 Å². The van der Waals surface area contributed by atoms with Gasteiger partial charge in [0.05, 0.1) is 0 Å². The molecule has 0 saturated carbocycles. The van der Waals surface area contributed by atoms with Crippen LogP contribution in [0.3, 0.4) is 0 Å². The van der Waals surface area contributed by atoms with E-state index in [1.165, 1.54) is 0 Å². The van der Waals surface area contributed by atoms with E-state index in [0.717, 1.165) is 16.8 Å². The first-order valence-corrected chi connectivity index (χ1v) is 5.67. The number of nitrogens with zero attached hydrogens (tertiary/aromatic N) is 1. The van der Waals surface area contributed by atoms with E-state index in [2.05, 4.69) is 10.5 Å². The molecule has 0 fully saturated rings. The van der Waals surface area contributed by atoms with Gasteiger partial charge in [-0.15, -0.1) is 0 Å². The van der Waals surface area contributed by atoms with Crippen LogP contribution in [0.2, 0.25) is 0 Å². The van der Waals surface area contributed by atoms with Gasteiger partial charge in [-0.3, -0.25) is 0 Å². The van der Waals surface area contributed by atoms with E-state index in [9.17, 15) is 0 Å². The zero-order valence-corrected chi connectivity index (χ0v) is 9.88. The Labute approximate surface area is 106 Å². The number of oxime groups is 1. The second kappa shape index (κ2) is 5.84. The van der Waals surface area contributed by atoms with Crippen LogP contribution < -0.4 is 11.1 Å². The van der Waals surface area contributed by atoms with E-state index in [-0.39, 0.29) is 0 Å². The lowest BCUT2D eigenvalue weighted by Crippen LogP contribution is -2.13. The molecule has 0 unspecified atom stereocenters. The molecular formula is C14H15N3O. The summed E-state index contributed by atoms with van der Waals surface area (Å²) < 4.78 is 0. The number of hydrogen-bond donors (Lipinski definition) is 3. The number of hydrogen-bond acceptors (Lipinski definition) is 3. The van der Waals surface area contributed by atoms with E-state index in [0.29, 0.717) is 12.4 Å². The molecule has 18 heavy (non-hydrogen) atoms. The van der Waals surface area contributed by atoms with Crippen molar-refractivity contribution in [1.29, 1.82) is 0 Å². The Morgan fingerprint density at radius 1 is 1.11 bits per heavy atom. The van der Waals surface area contributed by atoms with Crippen LogP contribution in [-0.2, 0) is 6.54 Å². The van der Waals surface area contributed by atoms with Crippen molar-refractivity contribution in [2.24, 2.45) is 10.9 Å². The van der Waals surface area contributed by atoms with Gasteiger partial charge in [0.15, 0.2) is 5.84 Å². The molecule has 2 aromatic carbocycles. The first-order valence-electron chi connectivity index (χ1n) is 5.67. The fourth-order valence-electron chi connectivity index (χ4n) is 1.66. The lowest BCUT2D eigenvalue weighted by Gasteiger charge is -2.09. The number of anilines is 1. The van der Waals surface area contributed by atoms with Crippen LogP contribution in [0, 0.1) is 0 Å². The normalized spacial score (nSPS) is 11.3. The molecule has 2 aromatic rings. The quantitative estimate of drug-likeness (QED) is 0.334. The Hall–Kier alpha value is -2.33. The van der Waals surface area contributed by atoms with Crippen LogP contribution in [0.1, 0.15) is 11.1 Å². The molecule has 0 heterocycles. The molecule has 0 aliphatic rings. The summed E-state index contributed by atoms with van der Waals surface area (Å²) in [7, 11) is 0. The van der Waals surface area contributed by atoms with Crippen LogP contribution in [0.5, 0.6) is 0 Å². The maximum absolute atomic E-state index is 9.07. The second-order valence-electron chi connectivity index (χ2n) is 3.84. The first-order chi connectivity index (χ1) is 8.83. The molecule has 92 valence electrons. The molecule has 0 aliphatic heterocycles. The van der Waals surface area contributed by atoms with Gasteiger partial charge in [0.1, 0.15) is 0 Å². The van der Waals surface area contributed by atoms with Gasteiger partial charge in [-0.2, -0.15) is 0 Å². The second-order valence-corrected chi connectivity index (χ2v) is 3.84. The number of amidine groups is 1. The van der Waals surface area contributed by atoms with Gasteiger partial charge in [0, 0.05) is 17.8 Å². The average Bonchev–Trinajstić information content (AvgIpc) is 2.46. The zero-order chi connectivity index (χ0) is 12.8. The Balaban J connectivity index is 2.21. The van der Waals surface area contributed by atoms with Crippen molar-refractivity contribution < 1.29 is 5.21 Å². The highest BCUT2D eigenvalue weighted by Crippen LogP contribution is 2.12. The molecule has 0 aliphatic carbocycles. The summed E-state index contributed by atoms with van der Waals surface area (Å²) in [4.78, 5) is 0. The Morgan fingerprint density at radius 2 is 1.89 bits per heavy atom. The summed E-state index contributed by atoms with van der Waals surface area (Å²) in [5.41, 5.74) is 8.26. The highest BCUT2D eigenvalue weighted by Gasteiger charge is 2.04. The summed E-state index contributed by atoms with van der Waals surface area (Å²) in [5.74, 6) is 0.407. The van der Waals surface area contributed by atoms with Crippen LogP contribution in [0.4, 0.5) is 5.69 Å². The summed E-state index contributed by atoms with van der Waals surface area (Å²) >= 11 is 0. The molecule has 4 nitrogen and oxygen atoms in total. The van der Waals surface area contributed by atoms with Crippen LogP contribution in [0.25, 0.3) is 0 Å². The van der Waals surface area contributed by atoms with E-state index in [1.807, 2.05) is 54.6 Å². The summed E-state index contributed by atoms with van der Waals surface area (Å²) in [5, 5.41) is 15.4. The summed E-state index contributed by atoms with van der Waals surface area (Å²) in [6.07, 6.45) is 0. The minimum Gasteiger partial charge on any atom is -0.409 e.